The van der Waals surface area contributed by atoms with E-state index in [0.717, 1.165) is 11.3 Å². The van der Waals surface area contributed by atoms with Crippen LogP contribution in [0.1, 0.15) is 11.1 Å². The standard InChI is InChI=1S/C18H18N4O2S/c1-14-7-9-16(10-8-14)22-13-19-20-18(22)25-12-17(23)21-24-11-15-5-3-2-4-6-15/h2-10,13H,11-12H2,1H3,(H,21,23). The Hall–Kier alpha value is -2.64. The lowest BCUT2D eigenvalue weighted by atomic mass is 10.2. The van der Waals surface area contributed by atoms with E-state index in [-0.39, 0.29) is 11.7 Å². The van der Waals surface area contributed by atoms with Gasteiger partial charge in [0, 0.05) is 5.69 Å². The van der Waals surface area contributed by atoms with Gasteiger partial charge in [0.2, 0.25) is 0 Å². The summed E-state index contributed by atoms with van der Waals surface area (Å²) in [5.74, 6) is -0.0290. The van der Waals surface area contributed by atoms with Crippen LogP contribution in [0.3, 0.4) is 0 Å². The molecule has 0 saturated carbocycles. The first-order chi connectivity index (χ1) is 12.2. The van der Waals surface area contributed by atoms with Crippen molar-refractivity contribution in [2.24, 2.45) is 0 Å². The first kappa shape index (κ1) is 17.2. The van der Waals surface area contributed by atoms with Crippen molar-refractivity contribution < 1.29 is 9.63 Å². The van der Waals surface area contributed by atoms with Crippen molar-refractivity contribution in [2.75, 3.05) is 5.75 Å². The maximum absolute atomic E-state index is 11.9. The molecule has 0 aliphatic rings. The van der Waals surface area contributed by atoms with Gasteiger partial charge in [-0.25, -0.2) is 5.48 Å². The van der Waals surface area contributed by atoms with Gasteiger partial charge in [-0.15, -0.1) is 10.2 Å². The lowest BCUT2D eigenvalue weighted by Crippen LogP contribution is -2.25. The molecule has 1 N–H and O–H groups in total. The van der Waals surface area contributed by atoms with Crippen LogP contribution >= 0.6 is 11.8 Å². The highest BCUT2D eigenvalue weighted by atomic mass is 32.2. The van der Waals surface area contributed by atoms with Gasteiger partial charge in [-0.2, -0.15) is 0 Å². The SMILES string of the molecule is Cc1ccc(-n2cnnc2SCC(=O)NOCc2ccccc2)cc1. The molecular formula is C18H18N4O2S. The molecule has 7 heteroatoms. The Labute approximate surface area is 150 Å². The van der Waals surface area contributed by atoms with Crippen LogP contribution in [0.2, 0.25) is 0 Å². The Bertz CT molecular complexity index is 819. The fraction of sp³-hybridized carbons (Fsp3) is 0.167. The second-order valence-electron chi connectivity index (χ2n) is 5.41. The maximum Gasteiger partial charge on any atom is 0.254 e. The average Bonchev–Trinajstić information content (AvgIpc) is 3.10. The molecule has 0 saturated heterocycles. The van der Waals surface area contributed by atoms with Crippen LogP contribution in [0.4, 0.5) is 0 Å². The van der Waals surface area contributed by atoms with Crippen LogP contribution in [0.5, 0.6) is 0 Å². The van der Waals surface area contributed by atoms with Gasteiger partial charge in [-0.05, 0) is 24.6 Å². The lowest BCUT2D eigenvalue weighted by molar-refractivity contribution is -0.131. The van der Waals surface area contributed by atoms with Gasteiger partial charge in [0.15, 0.2) is 5.16 Å². The van der Waals surface area contributed by atoms with Crippen molar-refractivity contribution in [1.82, 2.24) is 20.2 Å². The fourth-order valence-corrected chi connectivity index (χ4v) is 2.85. The van der Waals surface area contributed by atoms with Gasteiger partial charge in [0.25, 0.3) is 5.91 Å². The number of nitrogens with zero attached hydrogens (tertiary/aromatic N) is 3. The third-order valence-corrected chi connectivity index (χ3v) is 4.37. The Balaban J connectivity index is 1.49. The Kier molecular flexibility index (Phi) is 5.81. The van der Waals surface area contributed by atoms with Crippen molar-refractivity contribution in [1.29, 1.82) is 0 Å². The molecular weight excluding hydrogens is 336 g/mol. The summed E-state index contributed by atoms with van der Waals surface area (Å²) in [5.41, 5.74) is 5.58. The molecule has 2 aromatic carbocycles. The first-order valence-electron chi connectivity index (χ1n) is 7.77. The molecule has 0 aliphatic heterocycles. The molecule has 1 heterocycles. The molecule has 25 heavy (non-hydrogen) atoms. The Morgan fingerprint density at radius 1 is 1.16 bits per heavy atom. The van der Waals surface area contributed by atoms with Gasteiger partial charge >= 0.3 is 0 Å². The molecule has 0 bridgehead atoms. The molecule has 0 fully saturated rings. The van der Waals surface area contributed by atoms with E-state index >= 15 is 0 Å². The summed E-state index contributed by atoms with van der Waals surface area (Å²) in [6.45, 7) is 2.36. The Morgan fingerprint density at radius 2 is 1.92 bits per heavy atom. The van der Waals surface area contributed by atoms with E-state index in [9.17, 15) is 4.79 Å². The van der Waals surface area contributed by atoms with E-state index in [0.29, 0.717) is 11.8 Å². The summed E-state index contributed by atoms with van der Waals surface area (Å²) >= 11 is 1.30. The van der Waals surface area contributed by atoms with E-state index in [1.165, 1.54) is 17.3 Å². The van der Waals surface area contributed by atoms with Gasteiger partial charge in [-0.1, -0.05) is 59.8 Å². The summed E-state index contributed by atoms with van der Waals surface area (Å²) in [6, 6.07) is 17.7. The fourth-order valence-electron chi connectivity index (χ4n) is 2.14. The highest BCUT2D eigenvalue weighted by Gasteiger charge is 2.10. The summed E-state index contributed by atoms with van der Waals surface area (Å²) in [6.07, 6.45) is 1.64. The zero-order valence-electron chi connectivity index (χ0n) is 13.8. The van der Waals surface area contributed by atoms with Crippen molar-refractivity contribution in [3.8, 4) is 5.69 Å². The molecule has 0 spiro atoms. The predicted molar refractivity (Wildman–Crippen MR) is 96.2 cm³/mol. The summed E-state index contributed by atoms with van der Waals surface area (Å²) in [5, 5.41) is 8.65. The monoisotopic (exact) mass is 354 g/mol. The predicted octanol–water partition coefficient (Wildman–Crippen LogP) is 2.92. The Morgan fingerprint density at radius 3 is 2.68 bits per heavy atom. The largest absolute Gasteiger partial charge is 0.277 e. The topological polar surface area (TPSA) is 69.0 Å². The normalized spacial score (nSPS) is 10.6. The van der Waals surface area contributed by atoms with E-state index in [4.69, 9.17) is 4.84 Å². The number of hydroxylamine groups is 1. The smallest absolute Gasteiger partial charge is 0.254 e. The lowest BCUT2D eigenvalue weighted by Gasteiger charge is -2.07. The number of rotatable bonds is 7. The quantitative estimate of drug-likeness (QED) is 0.522. The molecule has 3 rings (SSSR count). The number of benzene rings is 2. The molecule has 0 unspecified atom stereocenters. The van der Waals surface area contributed by atoms with Crippen LogP contribution in [0.25, 0.3) is 5.69 Å². The van der Waals surface area contributed by atoms with Crippen molar-refractivity contribution in [3.63, 3.8) is 0 Å². The second kappa shape index (κ2) is 8.46. The van der Waals surface area contributed by atoms with E-state index < -0.39 is 0 Å². The minimum atomic E-state index is -0.223. The number of thioether (sulfide) groups is 1. The average molecular weight is 354 g/mol. The second-order valence-corrected chi connectivity index (χ2v) is 6.35. The van der Waals surface area contributed by atoms with Crippen molar-refractivity contribution in [3.05, 3.63) is 72.1 Å². The molecule has 0 radical (unpaired) electrons. The number of amides is 1. The number of carbonyl (C=O) groups is 1. The number of aryl methyl sites for hydroxylation is 1. The number of carbonyl (C=O) groups excluding carboxylic acids is 1. The number of hydrogen-bond donors (Lipinski definition) is 1. The minimum absolute atomic E-state index is 0.194. The van der Waals surface area contributed by atoms with Crippen molar-refractivity contribution in [2.45, 2.75) is 18.7 Å². The summed E-state index contributed by atoms with van der Waals surface area (Å²) in [7, 11) is 0. The van der Waals surface area contributed by atoms with Crippen LogP contribution in [0, 0.1) is 6.92 Å². The maximum atomic E-state index is 11.9. The summed E-state index contributed by atoms with van der Waals surface area (Å²) in [4.78, 5) is 17.1. The van der Waals surface area contributed by atoms with Crippen LogP contribution in [-0.2, 0) is 16.2 Å². The van der Waals surface area contributed by atoms with E-state index in [2.05, 4.69) is 15.7 Å². The van der Waals surface area contributed by atoms with Gasteiger partial charge < -0.3 is 0 Å². The van der Waals surface area contributed by atoms with Gasteiger partial charge in [0.05, 0.1) is 12.4 Å². The van der Waals surface area contributed by atoms with Crippen LogP contribution in [0.15, 0.2) is 66.1 Å². The van der Waals surface area contributed by atoms with Gasteiger partial charge in [0.1, 0.15) is 6.33 Å². The van der Waals surface area contributed by atoms with Crippen LogP contribution in [-0.4, -0.2) is 26.4 Å². The van der Waals surface area contributed by atoms with Crippen molar-refractivity contribution >= 4 is 17.7 Å². The van der Waals surface area contributed by atoms with Gasteiger partial charge in [-0.3, -0.25) is 14.2 Å². The molecule has 3 aromatic rings. The third-order valence-electron chi connectivity index (χ3n) is 3.43. The van der Waals surface area contributed by atoms with E-state index in [1.54, 1.807) is 6.33 Å². The highest BCUT2D eigenvalue weighted by Crippen LogP contribution is 2.19. The van der Waals surface area contributed by atoms with Crippen LogP contribution < -0.4 is 5.48 Å². The minimum Gasteiger partial charge on any atom is -0.277 e. The highest BCUT2D eigenvalue weighted by molar-refractivity contribution is 7.99. The number of nitrogens with one attached hydrogen (secondary N) is 1. The molecule has 6 nitrogen and oxygen atoms in total. The zero-order chi connectivity index (χ0) is 17.5. The number of hydrogen-bond acceptors (Lipinski definition) is 5. The molecule has 0 atom stereocenters. The summed E-state index contributed by atoms with van der Waals surface area (Å²) < 4.78 is 1.85. The molecule has 1 aromatic heterocycles. The molecule has 128 valence electrons. The number of aromatic nitrogens is 3. The van der Waals surface area contributed by atoms with E-state index in [1.807, 2.05) is 66.1 Å². The first-order valence-corrected chi connectivity index (χ1v) is 8.75. The zero-order valence-corrected chi connectivity index (χ0v) is 14.6. The molecule has 1 amide bonds. The molecule has 0 aliphatic carbocycles. The third kappa shape index (κ3) is 4.91.